The Morgan fingerprint density at radius 2 is 1.88 bits per heavy atom. The Labute approximate surface area is 192 Å². The fraction of sp³-hybridized carbons (Fsp3) is 0.227. The van der Waals surface area contributed by atoms with Crippen molar-refractivity contribution in [3.63, 3.8) is 0 Å². The smallest absolute Gasteiger partial charge is 0.305 e. The molecular formula is C22H24N7O3S+. The third-order valence-corrected chi connectivity index (χ3v) is 5.98. The molecule has 1 fully saturated rings. The minimum absolute atomic E-state index is 0.0498. The summed E-state index contributed by atoms with van der Waals surface area (Å²) in [5.74, 6) is 1.12. The summed E-state index contributed by atoms with van der Waals surface area (Å²) in [6.07, 6.45) is 6.30. The first-order chi connectivity index (χ1) is 15.9. The Morgan fingerprint density at radius 3 is 2.64 bits per heavy atom. The highest BCUT2D eigenvalue weighted by molar-refractivity contribution is 7.92. The molecule has 170 valence electrons. The zero-order chi connectivity index (χ0) is 22.9. The molecule has 2 aromatic rings. The van der Waals surface area contributed by atoms with Crippen molar-refractivity contribution in [3.8, 4) is 0 Å². The number of morpholine rings is 1. The van der Waals surface area contributed by atoms with Crippen LogP contribution < -0.4 is 14.3 Å². The number of nitrogens with one attached hydrogen (secondary N) is 1. The van der Waals surface area contributed by atoms with Crippen molar-refractivity contribution >= 4 is 45.1 Å². The van der Waals surface area contributed by atoms with Crippen molar-refractivity contribution < 1.29 is 13.2 Å². The number of anilines is 2. The second-order valence-corrected chi connectivity index (χ2v) is 9.52. The van der Waals surface area contributed by atoms with Gasteiger partial charge in [-0.25, -0.2) is 18.4 Å². The average Bonchev–Trinajstić information content (AvgIpc) is 3.20. The van der Waals surface area contributed by atoms with Crippen molar-refractivity contribution in [2.75, 3.05) is 42.3 Å². The maximum atomic E-state index is 11.8. The van der Waals surface area contributed by atoms with E-state index in [1.165, 1.54) is 0 Å². The number of aliphatic imine (C=N–C) groups is 2. The van der Waals surface area contributed by atoms with E-state index in [-0.39, 0.29) is 4.59 Å². The largest absolute Gasteiger partial charge is 0.379 e. The predicted octanol–water partition coefficient (Wildman–Crippen LogP) is 2.36. The summed E-state index contributed by atoms with van der Waals surface area (Å²) < 4.78 is 31.6. The number of hydrogen-bond acceptors (Lipinski definition) is 8. The second kappa shape index (κ2) is 8.52. The van der Waals surface area contributed by atoms with E-state index in [1.54, 1.807) is 30.6 Å². The van der Waals surface area contributed by atoms with Gasteiger partial charge in [0.25, 0.3) is 5.84 Å². The number of amidine groups is 1. The number of sulfonamides is 1. The lowest BCUT2D eigenvalue weighted by molar-refractivity contribution is 0.0392. The van der Waals surface area contributed by atoms with Crippen molar-refractivity contribution in [1.29, 1.82) is 0 Å². The van der Waals surface area contributed by atoms with Gasteiger partial charge in [-0.15, -0.1) is 4.99 Å². The lowest BCUT2D eigenvalue weighted by Crippen LogP contribution is -2.51. The van der Waals surface area contributed by atoms with Gasteiger partial charge in [0.05, 0.1) is 37.0 Å². The van der Waals surface area contributed by atoms with Crippen molar-refractivity contribution in [3.05, 3.63) is 67.0 Å². The molecule has 3 aliphatic rings. The Kier molecular flexibility index (Phi) is 5.54. The van der Waals surface area contributed by atoms with Crippen LogP contribution in [0.2, 0.25) is 0 Å². The number of hydrazine groups is 1. The summed E-state index contributed by atoms with van der Waals surface area (Å²) >= 11 is 0. The summed E-state index contributed by atoms with van der Waals surface area (Å²) in [6, 6.07) is 17.1. The van der Waals surface area contributed by atoms with Gasteiger partial charge in [-0.1, -0.05) is 28.9 Å². The van der Waals surface area contributed by atoms with Crippen LogP contribution in [0.4, 0.5) is 17.1 Å². The second-order valence-electron chi connectivity index (χ2n) is 7.77. The molecule has 33 heavy (non-hydrogen) atoms. The third kappa shape index (κ3) is 4.31. The molecule has 0 aromatic heterocycles. The Morgan fingerprint density at radius 1 is 1.09 bits per heavy atom. The van der Waals surface area contributed by atoms with E-state index in [2.05, 4.69) is 14.7 Å². The van der Waals surface area contributed by atoms with Gasteiger partial charge in [-0.3, -0.25) is 9.71 Å². The number of benzene rings is 2. The highest BCUT2D eigenvalue weighted by Gasteiger charge is 2.45. The molecule has 0 spiro atoms. The van der Waals surface area contributed by atoms with E-state index < -0.39 is 10.0 Å². The van der Waals surface area contributed by atoms with Crippen LogP contribution in [-0.4, -0.2) is 64.0 Å². The van der Waals surface area contributed by atoms with Gasteiger partial charge >= 0.3 is 5.96 Å². The summed E-state index contributed by atoms with van der Waals surface area (Å²) in [5.41, 5.74) is 2.12. The quantitative estimate of drug-likeness (QED) is 0.682. The van der Waals surface area contributed by atoms with E-state index in [9.17, 15) is 8.42 Å². The molecule has 0 bridgehead atoms. The van der Waals surface area contributed by atoms with Crippen LogP contribution in [0.3, 0.4) is 0 Å². The number of fused-ring (bicyclic) bond motifs is 1. The Hall–Kier alpha value is -3.38. The number of para-hydroxylation sites is 1. The fourth-order valence-electron chi connectivity index (χ4n) is 3.95. The molecule has 0 saturated carbocycles. The molecule has 3 heterocycles. The molecule has 1 saturated heterocycles. The number of rotatable bonds is 5. The summed E-state index contributed by atoms with van der Waals surface area (Å²) in [6.45, 7) is 2.65. The third-order valence-electron chi connectivity index (χ3n) is 5.37. The zero-order valence-electron chi connectivity index (χ0n) is 18.1. The summed E-state index contributed by atoms with van der Waals surface area (Å²) in [5, 5.41) is 9.21. The number of guanidine groups is 1. The van der Waals surface area contributed by atoms with E-state index in [1.807, 2.05) is 47.6 Å². The normalized spacial score (nSPS) is 22.5. The van der Waals surface area contributed by atoms with Gasteiger partial charge in [0.15, 0.2) is 11.9 Å². The van der Waals surface area contributed by atoms with Gasteiger partial charge in [0.1, 0.15) is 6.21 Å². The molecule has 1 atom stereocenters. The molecule has 0 radical (unpaired) electrons. The van der Waals surface area contributed by atoms with Crippen molar-refractivity contribution in [2.45, 2.75) is 0 Å². The molecule has 0 amide bonds. The first-order valence-electron chi connectivity index (χ1n) is 10.5. The zero-order valence-corrected chi connectivity index (χ0v) is 18.9. The number of hydrogen-bond donors (Lipinski definition) is 1. The maximum Gasteiger partial charge on any atom is 0.305 e. The molecular weight excluding hydrogens is 442 g/mol. The van der Waals surface area contributed by atoms with Crippen LogP contribution in [0.25, 0.3) is 0 Å². The number of nitrogens with zero attached hydrogens (tertiary/aromatic N) is 6. The van der Waals surface area contributed by atoms with Crippen LogP contribution >= 0.6 is 0 Å². The molecule has 11 heteroatoms. The number of ether oxygens (including phenoxy) is 1. The minimum atomic E-state index is -3.42. The first-order valence-corrected chi connectivity index (χ1v) is 12.4. The van der Waals surface area contributed by atoms with Gasteiger partial charge in [0, 0.05) is 25.2 Å². The predicted molar refractivity (Wildman–Crippen MR) is 131 cm³/mol. The first kappa shape index (κ1) is 21.5. The van der Waals surface area contributed by atoms with E-state index in [0.29, 0.717) is 43.8 Å². The molecule has 5 rings (SSSR count). The molecule has 1 N–H and O–H groups in total. The maximum absolute atomic E-state index is 11.8. The molecule has 0 aliphatic carbocycles. The monoisotopic (exact) mass is 466 g/mol. The van der Waals surface area contributed by atoms with Gasteiger partial charge < -0.3 is 4.74 Å². The van der Waals surface area contributed by atoms with Crippen LogP contribution in [0.15, 0.2) is 82.1 Å². The van der Waals surface area contributed by atoms with E-state index >= 15 is 0 Å². The lowest BCUT2D eigenvalue weighted by Gasteiger charge is -2.36. The Bertz CT molecular complexity index is 1270. The van der Waals surface area contributed by atoms with Crippen LogP contribution in [-0.2, 0) is 14.8 Å². The molecule has 3 aliphatic heterocycles. The topological polar surface area (TPSA) is 99.0 Å². The van der Waals surface area contributed by atoms with Crippen molar-refractivity contribution in [1.82, 2.24) is 9.60 Å². The molecule has 10 nitrogen and oxygen atoms in total. The van der Waals surface area contributed by atoms with E-state index in [4.69, 9.17) is 14.8 Å². The fourth-order valence-corrected chi connectivity index (χ4v) is 4.51. The lowest BCUT2D eigenvalue weighted by atomic mass is 10.2. The van der Waals surface area contributed by atoms with Gasteiger partial charge in [0.2, 0.25) is 10.0 Å². The molecule has 2 aromatic carbocycles. The molecule has 1 unspecified atom stereocenters. The standard InChI is InChI=1S/C22H24N7O3S/c1-33(30,31)26-18-6-5-9-20(16-18)29-13-10-23-17-21(29)24-22(25-29)28(19-7-3-2-4-8-19)27-11-14-32-15-12-27/h2-10,13,16-17,26H,11-12,14-15H2,1H3/q+1. The van der Waals surface area contributed by atoms with Crippen LogP contribution in [0.5, 0.6) is 0 Å². The van der Waals surface area contributed by atoms with Crippen LogP contribution in [0, 0.1) is 0 Å². The summed E-state index contributed by atoms with van der Waals surface area (Å²) in [7, 11) is -3.42. The van der Waals surface area contributed by atoms with Crippen molar-refractivity contribution in [2.24, 2.45) is 15.1 Å². The van der Waals surface area contributed by atoms with Crippen LogP contribution in [0.1, 0.15) is 0 Å². The number of quaternary nitrogens is 1. The van der Waals surface area contributed by atoms with Gasteiger partial charge in [-0.05, 0) is 23.3 Å². The van der Waals surface area contributed by atoms with Gasteiger partial charge in [-0.2, -0.15) is 0 Å². The SMILES string of the molecule is CS(=O)(=O)Nc1cccc([N+]23C=CN=CC2=NC(N(c2ccccc2)N2CCOCC2)=N3)c1. The van der Waals surface area contributed by atoms with E-state index in [0.717, 1.165) is 17.6 Å². The highest BCUT2D eigenvalue weighted by Crippen LogP contribution is 2.34. The minimum Gasteiger partial charge on any atom is -0.379 e. The highest BCUT2D eigenvalue weighted by atomic mass is 32.2. The Balaban J connectivity index is 1.60. The summed E-state index contributed by atoms with van der Waals surface area (Å²) in [4.78, 5) is 9.12. The average molecular weight is 467 g/mol.